The molecule has 0 bridgehead atoms. The number of nitrogens with zero attached hydrogens (tertiary/aromatic N) is 1. The molecular formula is C14H24N2S. The molecule has 0 aromatic carbocycles. The molecule has 0 amide bonds. The van der Waals surface area contributed by atoms with E-state index in [1.807, 2.05) is 0 Å². The van der Waals surface area contributed by atoms with E-state index >= 15 is 0 Å². The summed E-state index contributed by atoms with van der Waals surface area (Å²) in [4.78, 5) is 4.61. The van der Waals surface area contributed by atoms with Gasteiger partial charge in [0.25, 0.3) is 0 Å². The lowest BCUT2D eigenvalue weighted by atomic mass is 9.75. The van der Waals surface area contributed by atoms with Crippen LogP contribution in [-0.4, -0.2) is 17.6 Å². The van der Waals surface area contributed by atoms with E-state index in [1.54, 1.807) is 11.3 Å². The Kier molecular flexibility index (Phi) is 3.88. The highest BCUT2D eigenvalue weighted by atomic mass is 32.1. The molecule has 0 aliphatic heterocycles. The summed E-state index contributed by atoms with van der Waals surface area (Å²) in [7, 11) is 0. The van der Waals surface area contributed by atoms with Crippen LogP contribution >= 0.6 is 11.3 Å². The Labute approximate surface area is 109 Å². The van der Waals surface area contributed by atoms with E-state index in [4.69, 9.17) is 0 Å². The Morgan fingerprint density at radius 3 is 2.71 bits per heavy atom. The predicted molar refractivity (Wildman–Crippen MR) is 74.5 cm³/mol. The van der Waals surface area contributed by atoms with Gasteiger partial charge in [-0.1, -0.05) is 20.8 Å². The van der Waals surface area contributed by atoms with Gasteiger partial charge >= 0.3 is 0 Å². The van der Waals surface area contributed by atoms with Gasteiger partial charge in [-0.3, -0.25) is 0 Å². The summed E-state index contributed by atoms with van der Waals surface area (Å²) in [6.07, 6.45) is 3.82. The van der Waals surface area contributed by atoms with Crippen molar-refractivity contribution in [2.24, 2.45) is 11.3 Å². The third-order valence-corrected chi connectivity index (χ3v) is 4.84. The summed E-state index contributed by atoms with van der Waals surface area (Å²) >= 11 is 1.76. The molecule has 2 rings (SSSR count). The molecule has 17 heavy (non-hydrogen) atoms. The lowest BCUT2D eigenvalue weighted by molar-refractivity contribution is 0.205. The second kappa shape index (κ2) is 5.07. The van der Waals surface area contributed by atoms with Crippen molar-refractivity contribution < 1.29 is 0 Å². The maximum Gasteiger partial charge on any atom is 0.0897 e. The summed E-state index contributed by atoms with van der Waals surface area (Å²) < 4.78 is 0. The molecule has 1 aliphatic carbocycles. The van der Waals surface area contributed by atoms with E-state index in [9.17, 15) is 0 Å². The van der Waals surface area contributed by atoms with Crippen molar-refractivity contribution in [3.8, 4) is 0 Å². The lowest BCUT2D eigenvalue weighted by Crippen LogP contribution is -2.38. The van der Waals surface area contributed by atoms with Crippen LogP contribution in [-0.2, 0) is 6.42 Å². The molecule has 1 unspecified atom stereocenters. The molecule has 1 aromatic heterocycles. The molecule has 1 aliphatic rings. The van der Waals surface area contributed by atoms with Gasteiger partial charge in [-0.05, 0) is 37.5 Å². The molecule has 3 heteroatoms. The van der Waals surface area contributed by atoms with Gasteiger partial charge < -0.3 is 5.32 Å². The average Bonchev–Trinajstić information content (AvgIpc) is 3.00. The number of thiazole rings is 1. The summed E-state index contributed by atoms with van der Waals surface area (Å²) in [5.74, 6) is 0.677. The molecule has 96 valence electrons. The Morgan fingerprint density at radius 1 is 1.53 bits per heavy atom. The second-order valence-electron chi connectivity index (χ2n) is 6.00. The van der Waals surface area contributed by atoms with Gasteiger partial charge in [-0.2, -0.15) is 0 Å². The van der Waals surface area contributed by atoms with E-state index < -0.39 is 0 Å². The number of hydrogen-bond donors (Lipinski definition) is 1. The summed E-state index contributed by atoms with van der Waals surface area (Å²) in [5, 5.41) is 7.08. The van der Waals surface area contributed by atoms with Gasteiger partial charge in [0.15, 0.2) is 0 Å². The molecule has 1 heterocycles. The maximum absolute atomic E-state index is 4.61. The van der Waals surface area contributed by atoms with E-state index in [0.29, 0.717) is 11.3 Å². The first kappa shape index (κ1) is 13.0. The van der Waals surface area contributed by atoms with Crippen LogP contribution in [0.3, 0.4) is 0 Å². The molecule has 0 saturated heterocycles. The fourth-order valence-electron chi connectivity index (χ4n) is 2.04. The smallest absolute Gasteiger partial charge is 0.0897 e. The number of aryl methyl sites for hydroxylation is 1. The van der Waals surface area contributed by atoms with Crippen LogP contribution in [0.2, 0.25) is 0 Å². The van der Waals surface area contributed by atoms with Crippen molar-refractivity contribution in [1.29, 1.82) is 0 Å². The van der Waals surface area contributed by atoms with Crippen molar-refractivity contribution in [2.75, 3.05) is 6.54 Å². The van der Waals surface area contributed by atoms with Crippen LogP contribution < -0.4 is 5.32 Å². The fraction of sp³-hybridized carbons (Fsp3) is 0.786. The van der Waals surface area contributed by atoms with Crippen LogP contribution in [0.25, 0.3) is 0 Å². The second-order valence-corrected chi connectivity index (χ2v) is 7.06. The molecule has 1 atom stereocenters. The van der Waals surface area contributed by atoms with Gasteiger partial charge in [0.2, 0.25) is 0 Å². The molecule has 1 saturated carbocycles. The predicted octanol–water partition coefficient (Wildman–Crippen LogP) is 3.41. The highest BCUT2D eigenvalue weighted by Crippen LogP contribution is 2.32. The van der Waals surface area contributed by atoms with Gasteiger partial charge in [0.05, 0.1) is 10.7 Å². The Balaban J connectivity index is 1.98. The Bertz CT molecular complexity index is 368. The zero-order chi connectivity index (χ0) is 12.5. The van der Waals surface area contributed by atoms with Crippen molar-refractivity contribution in [3.63, 3.8) is 0 Å². The fourth-order valence-corrected chi connectivity index (χ4v) is 2.65. The van der Waals surface area contributed by atoms with Crippen molar-refractivity contribution in [2.45, 2.75) is 53.0 Å². The van der Waals surface area contributed by atoms with E-state index in [0.717, 1.165) is 19.0 Å². The van der Waals surface area contributed by atoms with E-state index in [2.05, 4.69) is 43.4 Å². The first-order chi connectivity index (χ1) is 7.99. The van der Waals surface area contributed by atoms with Crippen LogP contribution in [0.4, 0.5) is 0 Å². The topological polar surface area (TPSA) is 24.9 Å². The van der Waals surface area contributed by atoms with E-state index in [1.165, 1.54) is 23.5 Å². The highest BCUT2D eigenvalue weighted by Gasteiger charge is 2.32. The molecular weight excluding hydrogens is 228 g/mol. The van der Waals surface area contributed by atoms with Gasteiger partial charge in [-0.25, -0.2) is 4.98 Å². The number of nitrogens with one attached hydrogen (secondary N) is 1. The third-order valence-electron chi connectivity index (χ3n) is 4.02. The largest absolute Gasteiger partial charge is 0.313 e. The SMILES string of the molecule is Cc1nc(CC(C)(CNC2CC2)C(C)C)cs1. The van der Waals surface area contributed by atoms with Crippen molar-refractivity contribution in [1.82, 2.24) is 10.3 Å². The minimum absolute atomic E-state index is 0.323. The maximum atomic E-state index is 4.61. The first-order valence-corrected chi connectivity index (χ1v) is 7.52. The van der Waals surface area contributed by atoms with Gasteiger partial charge in [0, 0.05) is 18.0 Å². The Hall–Kier alpha value is -0.410. The molecule has 0 spiro atoms. The average molecular weight is 252 g/mol. The number of hydrogen-bond acceptors (Lipinski definition) is 3. The van der Waals surface area contributed by atoms with Crippen molar-refractivity contribution >= 4 is 11.3 Å². The zero-order valence-electron chi connectivity index (χ0n) is 11.4. The zero-order valence-corrected chi connectivity index (χ0v) is 12.2. The molecule has 0 radical (unpaired) electrons. The van der Waals surface area contributed by atoms with Gasteiger partial charge in [-0.15, -0.1) is 11.3 Å². The van der Waals surface area contributed by atoms with Crippen LogP contribution in [0.5, 0.6) is 0 Å². The normalized spacial score (nSPS) is 19.6. The van der Waals surface area contributed by atoms with Crippen LogP contribution in [0.1, 0.15) is 44.3 Å². The molecule has 1 N–H and O–H groups in total. The quantitative estimate of drug-likeness (QED) is 0.839. The number of rotatable bonds is 6. The highest BCUT2D eigenvalue weighted by molar-refractivity contribution is 7.09. The minimum Gasteiger partial charge on any atom is -0.313 e. The lowest BCUT2D eigenvalue weighted by Gasteiger charge is -2.33. The third kappa shape index (κ3) is 3.52. The first-order valence-electron chi connectivity index (χ1n) is 6.64. The monoisotopic (exact) mass is 252 g/mol. The summed E-state index contributed by atoms with van der Waals surface area (Å²) in [5.41, 5.74) is 1.59. The van der Waals surface area contributed by atoms with E-state index in [-0.39, 0.29) is 0 Å². The molecule has 1 fully saturated rings. The summed E-state index contributed by atoms with van der Waals surface area (Å²) in [6.45, 7) is 10.2. The molecule has 1 aromatic rings. The van der Waals surface area contributed by atoms with Crippen molar-refractivity contribution in [3.05, 3.63) is 16.1 Å². The summed E-state index contributed by atoms with van der Waals surface area (Å²) in [6, 6.07) is 0.797. The molecule has 2 nitrogen and oxygen atoms in total. The number of aromatic nitrogens is 1. The standard InChI is InChI=1S/C14H24N2S/c1-10(2)14(4,9-15-12-5-6-12)7-13-8-17-11(3)16-13/h8,10,12,15H,5-7,9H2,1-4H3. The van der Waals surface area contributed by atoms with Crippen LogP contribution in [0.15, 0.2) is 5.38 Å². The van der Waals surface area contributed by atoms with Gasteiger partial charge in [0.1, 0.15) is 0 Å². The minimum atomic E-state index is 0.323. The van der Waals surface area contributed by atoms with Crippen LogP contribution in [0, 0.1) is 18.3 Å². The Morgan fingerprint density at radius 2 is 2.24 bits per heavy atom.